The van der Waals surface area contributed by atoms with Crippen LogP contribution in [-0.2, 0) is 4.79 Å². The number of hydrogen-bond donors (Lipinski definition) is 2. The fourth-order valence-electron chi connectivity index (χ4n) is 0.980. The van der Waals surface area contributed by atoms with Crippen molar-refractivity contribution < 1.29 is 4.79 Å². The standard InChI is InChI=1S/C10H20N2OS/c1-5-8(9(11)14)12-10(13)7(4)6(2)3/h6-8H,5H2,1-4H3,(H2,11,14)(H,12,13). The Morgan fingerprint density at radius 1 is 1.43 bits per heavy atom. The largest absolute Gasteiger partial charge is 0.392 e. The lowest BCUT2D eigenvalue weighted by Gasteiger charge is -2.20. The summed E-state index contributed by atoms with van der Waals surface area (Å²) in [6, 6.07) is -0.168. The van der Waals surface area contributed by atoms with E-state index in [4.69, 9.17) is 18.0 Å². The van der Waals surface area contributed by atoms with Gasteiger partial charge in [-0.2, -0.15) is 0 Å². The van der Waals surface area contributed by atoms with Gasteiger partial charge in [0.2, 0.25) is 5.91 Å². The van der Waals surface area contributed by atoms with Crippen molar-refractivity contribution in [2.45, 2.75) is 40.2 Å². The summed E-state index contributed by atoms with van der Waals surface area (Å²) < 4.78 is 0. The van der Waals surface area contributed by atoms with Crippen LogP contribution in [0.5, 0.6) is 0 Å². The molecule has 1 amide bonds. The van der Waals surface area contributed by atoms with Crippen LogP contribution < -0.4 is 11.1 Å². The van der Waals surface area contributed by atoms with E-state index in [1.165, 1.54) is 0 Å². The lowest BCUT2D eigenvalue weighted by atomic mass is 9.97. The highest BCUT2D eigenvalue weighted by Crippen LogP contribution is 2.09. The first-order valence-corrected chi connectivity index (χ1v) is 5.40. The van der Waals surface area contributed by atoms with E-state index < -0.39 is 0 Å². The van der Waals surface area contributed by atoms with Crippen molar-refractivity contribution in [3.05, 3.63) is 0 Å². The van der Waals surface area contributed by atoms with Crippen LogP contribution in [0.25, 0.3) is 0 Å². The summed E-state index contributed by atoms with van der Waals surface area (Å²) in [6.45, 7) is 7.90. The van der Waals surface area contributed by atoms with Crippen molar-refractivity contribution >= 4 is 23.1 Å². The molecule has 0 fully saturated rings. The van der Waals surface area contributed by atoms with Gasteiger partial charge in [-0.25, -0.2) is 0 Å². The fourth-order valence-corrected chi connectivity index (χ4v) is 1.21. The first kappa shape index (κ1) is 13.4. The molecule has 14 heavy (non-hydrogen) atoms. The fraction of sp³-hybridized carbons (Fsp3) is 0.800. The van der Waals surface area contributed by atoms with Gasteiger partial charge in [0.1, 0.15) is 0 Å². The van der Waals surface area contributed by atoms with Crippen LogP contribution in [0.1, 0.15) is 34.1 Å². The average Bonchev–Trinajstić information content (AvgIpc) is 2.11. The van der Waals surface area contributed by atoms with Crippen molar-refractivity contribution in [1.29, 1.82) is 0 Å². The number of nitrogens with two attached hydrogens (primary N) is 1. The molecule has 0 rings (SSSR count). The molecule has 0 aliphatic heterocycles. The summed E-state index contributed by atoms with van der Waals surface area (Å²) >= 11 is 4.85. The molecule has 0 aliphatic rings. The van der Waals surface area contributed by atoms with Gasteiger partial charge in [-0.3, -0.25) is 4.79 Å². The molecule has 82 valence electrons. The van der Waals surface area contributed by atoms with Crippen molar-refractivity contribution in [2.75, 3.05) is 0 Å². The maximum Gasteiger partial charge on any atom is 0.223 e. The number of rotatable bonds is 5. The molecule has 2 unspecified atom stereocenters. The molecule has 0 aromatic carbocycles. The minimum atomic E-state index is -0.168. The molecule has 0 bridgehead atoms. The predicted octanol–water partition coefficient (Wildman–Crippen LogP) is 1.46. The first-order valence-electron chi connectivity index (χ1n) is 4.99. The van der Waals surface area contributed by atoms with Gasteiger partial charge < -0.3 is 11.1 Å². The second kappa shape index (κ2) is 5.96. The number of hydrogen-bond acceptors (Lipinski definition) is 2. The molecule has 0 saturated carbocycles. The zero-order valence-corrected chi connectivity index (χ0v) is 10.1. The molecule has 3 N–H and O–H groups in total. The van der Waals surface area contributed by atoms with Crippen LogP contribution in [-0.4, -0.2) is 16.9 Å². The van der Waals surface area contributed by atoms with Gasteiger partial charge in [0.05, 0.1) is 11.0 Å². The van der Waals surface area contributed by atoms with Crippen molar-refractivity contribution in [3.63, 3.8) is 0 Å². The van der Waals surface area contributed by atoms with E-state index in [2.05, 4.69) is 5.32 Å². The van der Waals surface area contributed by atoms with E-state index in [0.717, 1.165) is 6.42 Å². The van der Waals surface area contributed by atoms with Gasteiger partial charge in [-0.05, 0) is 12.3 Å². The zero-order valence-electron chi connectivity index (χ0n) is 9.33. The van der Waals surface area contributed by atoms with Gasteiger partial charge in [0.15, 0.2) is 0 Å². The maximum atomic E-state index is 11.6. The Morgan fingerprint density at radius 3 is 2.21 bits per heavy atom. The Labute approximate surface area is 91.4 Å². The van der Waals surface area contributed by atoms with Crippen LogP contribution >= 0.6 is 12.2 Å². The molecule has 0 spiro atoms. The Kier molecular flexibility index (Phi) is 5.69. The summed E-state index contributed by atoms with van der Waals surface area (Å²) in [7, 11) is 0. The van der Waals surface area contributed by atoms with Crippen LogP contribution in [0, 0.1) is 11.8 Å². The number of carbonyl (C=O) groups is 1. The van der Waals surface area contributed by atoms with Gasteiger partial charge in [-0.15, -0.1) is 0 Å². The number of carbonyl (C=O) groups excluding carboxylic acids is 1. The van der Waals surface area contributed by atoms with E-state index in [0.29, 0.717) is 10.9 Å². The molecular weight excluding hydrogens is 196 g/mol. The van der Waals surface area contributed by atoms with Gasteiger partial charge >= 0.3 is 0 Å². The van der Waals surface area contributed by atoms with Crippen molar-refractivity contribution in [1.82, 2.24) is 5.32 Å². The molecule has 3 nitrogen and oxygen atoms in total. The monoisotopic (exact) mass is 216 g/mol. The molecule has 0 saturated heterocycles. The molecule has 0 aromatic heterocycles. The zero-order chi connectivity index (χ0) is 11.3. The number of thiocarbonyl (C=S) groups is 1. The quantitative estimate of drug-likeness (QED) is 0.684. The van der Waals surface area contributed by atoms with Gasteiger partial charge in [-0.1, -0.05) is 39.9 Å². The molecule has 0 aliphatic carbocycles. The Morgan fingerprint density at radius 2 is 1.93 bits per heavy atom. The summed E-state index contributed by atoms with van der Waals surface area (Å²) in [5, 5.41) is 2.84. The van der Waals surface area contributed by atoms with Crippen LogP contribution in [0.3, 0.4) is 0 Å². The molecule has 0 radical (unpaired) electrons. The molecule has 0 heterocycles. The van der Waals surface area contributed by atoms with Crippen molar-refractivity contribution in [2.24, 2.45) is 17.6 Å². The average molecular weight is 216 g/mol. The van der Waals surface area contributed by atoms with Crippen LogP contribution in [0.15, 0.2) is 0 Å². The second-order valence-corrected chi connectivity index (χ2v) is 4.38. The summed E-state index contributed by atoms with van der Waals surface area (Å²) in [5.74, 6) is 0.358. The highest BCUT2D eigenvalue weighted by atomic mass is 32.1. The molecular formula is C10H20N2OS. The minimum Gasteiger partial charge on any atom is -0.392 e. The third-order valence-corrected chi connectivity index (χ3v) is 2.77. The molecule has 4 heteroatoms. The number of nitrogens with one attached hydrogen (secondary N) is 1. The topological polar surface area (TPSA) is 55.1 Å². The molecule has 0 aromatic rings. The normalized spacial score (nSPS) is 14.9. The lowest BCUT2D eigenvalue weighted by Crippen LogP contribution is -2.45. The first-order chi connectivity index (χ1) is 6.40. The predicted molar refractivity (Wildman–Crippen MR) is 63.0 cm³/mol. The highest BCUT2D eigenvalue weighted by Gasteiger charge is 2.20. The van der Waals surface area contributed by atoms with E-state index in [1.807, 2.05) is 27.7 Å². The Balaban J connectivity index is 4.22. The summed E-state index contributed by atoms with van der Waals surface area (Å²) in [6.07, 6.45) is 0.742. The molecule has 2 atom stereocenters. The Bertz CT molecular complexity index is 216. The lowest BCUT2D eigenvalue weighted by molar-refractivity contribution is -0.126. The van der Waals surface area contributed by atoms with E-state index in [1.54, 1.807) is 0 Å². The highest BCUT2D eigenvalue weighted by molar-refractivity contribution is 7.80. The van der Waals surface area contributed by atoms with Crippen LogP contribution in [0.4, 0.5) is 0 Å². The van der Waals surface area contributed by atoms with E-state index in [9.17, 15) is 4.79 Å². The van der Waals surface area contributed by atoms with E-state index in [-0.39, 0.29) is 17.9 Å². The third-order valence-electron chi connectivity index (χ3n) is 2.48. The summed E-state index contributed by atoms with van der Waals surface area (Å²) in [4.78, 5) is 12.0. The van der Waals surface area contributed by atoms with E-state index >= 15 is 0 Å². The smallest absolute Gasteiger partial charge is 0.223 e. The Hall–Kier alpha value is -0.640. The van der Waals surface area contributed by atoms with Gasteiger partial charge in [0, 0.05) is 5.92 Å². The number of amides is 1. The summed E-state index contributed by atoms with van der Waals surface area (Å²) in [5.41, 5.74) is 5.49. The minimum absolute atomic E-state index is 0.00148. The second-order valence-electron chi connectivity index (χ2n) is 3.90. The van der Waals surface area contributed by atoms with Gasteiger partial charge in [0.25, 0.3) is 0 Å². The third kappa shape index (κ3) is 4.05. The maximum absolute atomic E-state index is 11.6. The van der Waals surface area contributed by atoms with Crippen LogP contribution in [0.2, 0.25) is 0 Å². The van der Waals surface area contributed by atoms with Crippen molar-refractivity contribution in [3.8, 4) is 0 Å². The SMILES string of the molecule is CCC(NC(=O)C(C)C(C)C)C(N)=S.